The number of hydrogen-bond donors (Lipinski definition) is 5. The van der Waals surface area contributed by atoms with Crippen molar-refractivity contribution in [3.05, 3.63) is 106 Å². The van der Waals surface area contributed by atoms with Crippen LogP contribution in [0.25, 0.3) is 10.9 Å². The monoisotopic (exact) mass is 498 g/mol. The van der Waals surface area contributed by atoms with E-state index >= 15 is 0 Å². The lowest BCUT2D eigenvalue weighted by molar-refractivity contribution is 0.836. The van der Waals surface area contributed by atoms with Gasteiger partial charge in [-0.1, -0.05) is 48.0 Å². The summed E-state index contributed by atoms with van der Waals surface area (Å²) in [4.78, 5) is 8.85. The molecule has 0 unspecified atom stereocenters. The average Bonchev–Trinajstić information content (AvgIpc) is 2.88. The van der Waals surface area contributed by atoms with Crippen molar-refractivity contribution in [3.63, 3.8) is 0 Å². The van der Waals surface area contributed by atoms with Crippen LogP contribution in [0, 0.1) is 18.3 Å². The summed E-state index contributed by atoms with van der Waals surface area (Å²) in [6.07, 6.45) is 4.79. The fourth-order valence-corrected chi connectivity index (χ4v) is 4.38. The molecule has 36 heavy (non-hydrogen) atoms. The number of nitriles is 1. The van der Waals surface area contributed by atoms with Gasteiger partial charge >= 0.3 is 0 Å². The predicted molar refractivity (Wildman–Crippen MR) is 145 cm³/mol. The van der Waals surface area contributed by atoms with Gasteiger partial charge in [0.05, 0.1) is 33.5 Å². The highest BCUT2D eigenvalue weighted by Crippen LogP contribution is 2.36. The van der Waals surface area contributed by atoms with E-state index in [-0.39, 0.29) is 6.04 Å². The van der Waals surface area contributed by atoms with Gasteiger partial charge in [-0.15, -0.1) is 0 Å². The van der Waals surface area contributed by atoms with Crippen molar-refractivity contribution >= 4 is 33.9 Å². The fraction of sp³-hybridized carbons (Fsp3) is 0.148. The van der Waals surface area contributed by atoms with Crippen LogP contribution in [-0.4, -0.2) is 9.97 Å². The number of fused-ring (bicyclic) bond motifs is 1. The zero-order valence-electron chi connectivity index (χ0n) is 20.0. The molecule has 0 amide bonds. The molecular weight excluding hydrogens is 472 g/mol. The minimum absolute atomic E-state index is 0.0562. The highest BCUT2D eigenvalue weighted by molar-refractivity contribution is 6.35. The Morgan fingerprint density at radius 2 is 1.89 bits per heavy atom. The van der Waals surface area contributed by atoms with E-state index < -0.39 is 6.04 Å². The van der Waals surface area contributed by atoms with Gasteiger partial charge < -0.3 is 21.8 Å². The first-order chi connectivity index (χ1) is 17.4. The average molecular weight is 499 g/mol. The standard InChI is InChI=1S/C27H27ClN8/c1-16(18-7-4-3-5-8-18)35-25-19(13-29)14-33-26-22(25)11-20(12-23(26)28)36-27(24(30)15-34-31)21-9-6-10-32-17(21)2/h3-12,14-16,27,34,36H,30-31H2,1-2H3,(H,33,35)/b24-15-/t16-,27+/m1/s1. The molecule has 2 atom stereocenters. The van der Waals surface area contributed by atoms with E-state index in [1.807, 2.05) is 62.4 Å². The maximum Gasteiger partial charge on any atom is 0.103 e. The number of benzene rings is 2. The summed E-state index contributed by atoms with van der Waals surface area (Å²) < 4.78 is 0. The molecule has 0 fully saturated rings. The quantitative estimate of drug-likeness (QED) is 0.168. The van der Waals surface area contributed by atoms with Gasteiger partial charge in [-0.05, 0) is 37.6 Å². The lowest BCUT2D eigenvalue weighted by Gasteiger charge is -2.23. The number of halogens is 1. The summed E-state index contributed by atoms with van der Waals surface area (Å²) in [6, 6.07) is 19.3. The molecule has 0 saturated heterocycles. The zero-order valence-corrected chi connectivity index (χ0v) is 20.7. The highest BCUT2D eigenvalue weighted by atomic mass is 35.5. The van der Waals surface area contributed by atoms with Crippen LogP contribution in [-0.2, 0) is 0 Å². The molecule has 2 aromatic heterocycles. The van der Waals surface area contributed by atoms with Crippen molar-refractivity contribution in [1.82, 2.24) is 15.4 Å². The first-order valence-corrected chi connectivity index (χ1v) is 11.7. The van der Waals surface area contributed by atoms with Crippen LogP contribution in [0.15, 0.2) is 78.9 Å². The van der Waals surface area contributed by atoms with Crippen LogP contribution in [0.5, 0.6) is 0 Å². The lowest BCUT2D eigenvalue weighted by atomic mass is 10.0. The molecule has 0 bridgehead atoms. The Hall–Kier alpha value is -4.32. The molecule has 0 aliphatic rings. The van der Waals surface area contributed by atoms with Crippen molar-refractivity contribution in [2.45, 2.75) is 25.9 Å². The molecule has 7 N–H and O–H groups in total. The lowest BCUT2D eigenvalue weighted by Crippen LogP contribution is -2.24. The molecule has 0 aliphatic heterocycles. The van der Waals surface area contributed by atoms with E-state index in [1.54, 1.807) is 12.3 Å². The summed E-state index contributed by atoms with van der Waals surface area (Å²) in [5.41, 5.74) is 14.5. The van der Waals surface area contributed by atoms with Gasteiger partial charge in [0, 0.05) is 47.0 Å². The molecule has 4 aromatic rings. The summed E-state index contributed by atoms with van der Waals surface area (Å²) in [5, 5.41) is 17.9. The normalized spacial score (nSPS) is 13.0. The third-order valence-electron chi connectivity index (χ3n) is 5.96. The van der Waals surface area contributed by atoms with Crippen LogP contribution >= 0.6 is 11.6 Å². The van der Waals surface area contributed by atoms with Crippen LogP contribution in [0.2, 0.25) is 5.02 Å². The van der Waals surface area contributed by atoms with Crippen molar-refractivity contribution in [2.24, 2.45) is 11.6 Å². The Kier molecular flexibility index (Phi) is 7.54. The number of hydrazine groups is 1. The molecule has 0 saturated carbocycles. The third kappa shape index (κ3) is 5.18. The van der Waals surface area contributed by atoms with Crippen LogP contribution in [0.4, 0.5) is 11.4 Å². The Morgan fingerprint density at radius 3 is 2.58 bits per heavy atom. The maximum absolute atomic E-state index is 9.83. The molecular formula is C27H27ClN8. The van der Waals surface area contributed by atoms with Crippen molar-refractivity contribution in [1.29, 1.82) is 5.26 Å². The number of nitrogens with two attached hydrogens (primary N) is 2. The second-order valence-corrected chi connectivity index (χ2v) is 8.76. The van der Waals surface area contributed by atoms with E-state index in [1.165, 1.54) is 12.4 Å². The molecule has 0 radical (unpaired) electrons. The van der Waals surface area contributed by atoms with Gasteiger partial charge in [0.2, 0.25) is 0 Å². The molecule has 4 rings (SSSR count). The van der Waals surface area contributed by atoms with Crippen LogP contribution < -0.4 is 27.6 Å². The molecule has 8 nitrogen and oxygen atoms in total. The fourth-order valence-electron chi connectivity index (χ4n) is 4.11. The first-order valence-electron chi connectivity index (χ1n) is 11.4. The van der Waals surface area contributed by atoms with Gasteiger partial charge in [-0.2, -0.15) is 5.26 Å². The van der Waals surface area contributed by atoms with Crippen LogP contribution in [0.1, 0.15) is 41.4 Å². The topological polar surface area (TPSA) is 138 Å². The number of pyridine rings is 2. The molecule has 0 aliphatic carbocycles. The van der Waals surface area contributed by atoms with Gasteiger partial charge in [-0.3, -0.25) is 15.8 Å². The Morgan fingerprint density at radius 1 is 1.11 bits per heavy atom. The van der Waals surface area contributed by atoms with Gasteiger partial charge in [-0.25, -0.2) is 0 Å². The number of aromatic nitrogens is 2. The van der Waals surface area contributed by atoms with Gasteiger partial charge in [0.15, 0.2) is 0 Å². The predicted octanol–water partition coefficient (Wildman–Crippen LogP) is 5.05. The molecule has 182 valence electrons. The molecule has 2 aromatic carbocycles. The number of rotatable bonds is 8. The largest absolute Gasteiger partial charge is 0.399 e. The summed E-state index contributed by atoms with van der Waals surface area (Å²) >= 11 is 6.68. The minimum atomic E-state index is -0.435. The van der Waals surface area contributed by atoms with E-state index in [2.05, 4.69) is 32.1 Å². The zero-order chi connectivity index (χ0) is 25.7. The smallest absolute Gasteiger partial charge is 0.103 e. The van der Waals surface area contributed by atoms with Crippen molar-refractivity contribution < 1.29 is 0 Å². The summed E-state index contributed by atoms with van der Waals surface area (Å²) in [7, 11) is 0. The van der Waals surface area contributed by atoms with E-state index in [4.69, 9.17) is 23.2 Å². The second kappa shape index (κ2) is 11.0. The van der Waals surface area contributed by atoms with E-state index in [9.17, 15) is 5.26 Å². The summed E-state index contributed by atoms with van der Waals surface area (Å²) in [5.74, 6) is 5.50. The third-order valence-corrected chi connectivity index (χ3v) is 6.25. The molecule has 0 spiro atoms. The number of anilines is 2. The SMILES string of the molecule is Cc1ncccc1[C@H](Nc1cc(Cl)c2ncc(C#N)c(N[C@H](C)c3ccccc3)c2c1)/C(N)=C/NN. The van der Waals surface area contributed by atoms with E-state index in [0.29, 0.717) is 38.6 Å². The second-order valence-electron chi connectivity index (χ2n) is 8.36. The number of aryl methyl sites for hydroxylation is 1. The number of hydrogen-bond acceptors (Lipinski definition) is 8. The van der Waals surface area contributed by atoms with E-state index in [0.717, 1.165) is 16.8 Å². The Labute approximate surface area is 215 Å². The highest BCUT2D eigenvalue weighted by Gasteiger charge is 2.20. The van der Waals surface area contributed by atoms with Crippen molar-refractivity contribution in [3.8, 4) is 6.07 Å². The Balaban J connectivity index is 1.81. The molecule has 9 heteroatoms. The minimum Gasteiger partial charge on any atom is -0.399 e. The number of nitrogens with zero attached hydrogens (tertiary/aromatic N) is 3. The van der Waals surface area contributed by atoms with Crippen LogP contribution in [0.3, 0.4) is 0 Å². The maximum atomic E-state index is 9.83. The van der Waals surface area contributed by atoms with Gasteiger partial charge in [0.25, 0.3) is 0 Å². The first kappa shape index (κ1) is 24.8. The summed E-state index contributed by atoms with van der Waals surface area (Å²) in [6.45, 7) is 3.95. The Bertz CT molecular complexity index is 1450. The molecule has 2 heterocycles. The van der Waals surface area contributed by atoms with Crippen molar-refractivity contribution in [2.75, 3.05) is 10.6 Å². The van der Waals surface area contributed by atoms with Gasteiger partial charge in [0.1, 0.15) is 6.07 Å². The number of nitrogens with one attached hydrogen (secondary N) is 3.